The van der Waals surface area contributed by atoms with Gasteiger partial charge in [0.05, 0.1) is 12.2 Å². The second kappa shape index (κ2) is 8.25. The maximum absolute atomic E-state index is 11.7. The van der Waals surface area contributed by atoms with Crippen molar-refractivity contribution in [3.8, 4) is 6.07 Å². The highest BCUT2D eigenvalue weighted by molar-refractivity contribution is 5.89. The van der Waals surface area contributed by atoms with Gasteiger partial charge >= 0.3 is 5.97 Å². The fourth-order valence-electron chi connectivity index (χ4n) is 2.91. The van der Waals surface area contributed by atoms with Crippen molar-refractivity contribution in [2.45, 2.75) is 13.3 Å². The molecule has 0 saturated carbocycles. The summed E-state index contributed by atoms with van der Waals surface area (Å²) in [7, 11) is 0. The molecule has 8 nitrogen and oxygen atoms in total. The van der Waals surface area contributed by atoms with Gasteiger partial charge in [0.25, 0.3) is 0 Å². The molecule has 0 aromatic carbocycles. The lowest BCUT2D eigenvalue weighted by molar-refractivity contribution is 0.0526. The third-order valence-electron chi connectivity index (χ3n) is 4.16. The zero-order chi connectivity index (χ0) is 18.4. The molecule has 2 aromatic heterocycles. The molecule has 0 N–H and O–H groups in total. The molecule has 1 aliphatic heterocycles. The number of pyridine rings is 1. The molecule has 0 spiro atoms. The lowest BCUT2D eigenvalue weighted by Crippen LogP contribution is -2.32. The van der Waals surface area contributed by atoms with Crippen LogP contribution in [0.4, 0.5) is 11.6 Å². The monoisotopic (exact) mass is 352 g/mol. The number of aromatic nitrogens is 3. The Balaban J connectivity index is 1.69. The molecule has 0 radical (unpaired) electrons. The zero-order valence-electron chi connectivity index (χ0n) is 14.6. The molecule has 8 heteroatoms. The van der Waals surface area contributed by atoms with E-state index in [1.165, 1.54) is 6.20 Å². The van der Waals surface area contributed by atoms with Gasteiger partial charge in [0.2, 0.25) is 0 Å². The molecule has 1 aliphatic rings. The smallest absolute Gasteiger partial charge is 0.339 e. The second-order valence-corrected chi connectivity index (χ2v) is 5.79. The van der Waals surface area contributed by atoms with Crippen molar-refractivity contribution >= 4 is 17.6 Å². The van der Waals surface area contributed by atoms with E-state index in [1.54, 1.807) is 25.4 Å². The maximum Gasteiger partial charge on any atom is 0.339 e. The van der Waals surface area contributed by atoms with E-state index in [0.717, 1.165) is 31.9 Å². The number of ether oxygens (including phenoxy) is 1. The van der Waals surface area contributed by atoms with Crippen LogP contribution in [0.25, 0.3) is 0 Å². The highest BCUT2D eigenvalue weighted by Gasteiger charge is 2.20. The first-order valence-electron chi connectivity index (χ1n) is 8.57. The third-order valence-corrected chi connectivity index (χ3v) is 4.16. The number of carbonyl (C=O) groups is 1. The van der Waals surface area contributed by atoms with E-state index in [2.05, 4.69) is 30.8 Å². The van der Waals surface area contributed by atoms with Gasteiger partial charge in [0.1, 0.15) is 11.9 Å². The molecule has 0 amide bonds. The number of hydrogen-bond donors (Lipinski definition) is 0. The fraction of sp³-hybridized carbons (Fsp3) is 0.389. The third kappa shape index (κ3) is 3.88. The van der Waals surface area contributed by atoms with Crippen LogP contribution in [0.1, 0.15) is 29.4 Å². The Bertz CT molecular complexity index is 802. The average molecular weight is 352 g/mol. The van der Waals surface area contributed by atoms with Gasteiger partial charge in [-0.1, -0.05) is 0 Å². The van der Waals surface area contributed by atoms with Crippen molar-refractivity contribution in [2.24, 2.45) is 0 Å². The van der Waals surface area contributed by atoms with Gasteiger partial charge < -0.3 is 14.5 Å². The van der Waals surface area contributed by atoms with Crippen LogP contribution in [0, 0.1) is 11.3 Å². The number of carbonyl (C=O) groups excluding carboxylic acids is 1. The Labute approximate surface area is 152 Å². The normalized spacial score (nSPS) is 14.5. The Morgan fingerprint density at radius 1 is 1.15 bits per heavy atom. The quantitative estimate of drug-likeness (QED) is 0.766. The van der Waals surface area contributed by atoms with Crippen molar-refractivity contribution in [2.75, 3.05) is 42.6 Å². The standard InChI is InChI=1S/C18H20N6O2/c1-2-26-18(25)14-4-5-16(22-13-14)23-8-3-9-24(11-10-23)17-15(12-19)20-6-7-21-17/h4-7,13H,2-3,8-11H2,1H3. The minimum atomic E-state index is -0.361. The van der Waals surface area contributed by atoms with Gasteiger partial charge in [-0.3, -0.25) is 0 Å². The minimum absolute atomic E-state index is 0.343. The molecule has 1 fully saturated rings. The summed E-state index contributed by atoms with van der Waals surface area (Å²) in [4.78, 5) is 28.8. The summed E-state index contributed by atoms with van der Waals surface area (Å²) in [6.45, 7) is 5.21. The fourth-order valence-corrected chi connectivity index (χ4v) is 2.91. The molecular weight excluding hydrogens is 332 g/mol. The number of rotatable bonds is 4. The van der Waals surface area contributed by atoms with Crippen LogP contribution < -0.4 is 9.80 Å². The van der Waals surface area contributed by atoms with Crippen LogP contribution in [0.15, 0.2) is 30.7 Å². The van der Waals surface area contributed by atoms with Crippen molar-refractivity contribution in [3.05, 3.63) is 42.0 Å². The number of nitriles is 1. The van der Waals surface area contributed by atoms with Gasteiger partial charge in [-0.05, 0) is 25.5 Å². The molecule has 0 aliphatic carbocycles. The Morgan fingerprint density at radius 2 is 1.92 bits per heavy atom. The highest BCUT2D eigenvalue weighted by Crippen LogP contribution is 2.19. The van der Waals surface area contributed by atoms with Crippen LogP contribution in [0.3, 0.4) is 0 Å². The zero-order valence-corrected chi connectivity index (χ0v) is 14.6. The van der Waals surface area contributed by atoms with Crippen molar-refractivity contribution in [3.63, 3.8) is 0 Å². The van der Waals surface area contributed by atoms with E-state index < -0.39 is 0 Å². The van der Waals surface area contributed by atoms with E-state index in [1.807, 2.05) is 6.07 Å². The summed E-state index contributed by atoms with van der Waals surface area (Å²) >= 11 is 0. The molecule has 3 heterocycles. The molecule has 3 rings (SSSR count). The second-order valence-electron chi connectivity index (χ2n) is 5.79. The first-order chi connectivity index (χ1) is 12.7. The highest BCUT2D eigenvalue weighted by atomic mass is 16.5. The van der Waals surface area contributed by atoms with Crippen LogP contribution >= 0.6 is 0 Å². The van der Waals surface area contributed by atoms with Gasteiger partial charge in [0.15, 0.2) is 11.5 Å². The van der Waals surface area contributed by atoms with E-state index in [-0.39, 0.29) is 5.97 Å². The minimum Gasteiger partial charge on any atom is -0.462 e. The first kappa shape index (κ1) is 17.6. The largest absolute Gasteiger partial charge is 0.462 e. The molecule has 0 atom stereocenters. The number of hydrogen-bond acceptors (Lipinski definition) is 8. The lowest BCUT2D eigenvalue weighted by atomic mass is 10.2. The van der Waals surface area contributed by atoms with Crippen LogP contribution in [-0.2, 0) is 4.74 Å². The molecule has 1 saturated heterocycles. The van der Waals surface area contributed by atoms with Gasteiger partial charge in [-0.15, -0.1) is 0 Å². The SMILES string of the molecule is CCOC(=O)c1ccc(N2CCCN(c3nccnc3C#N)CC2)nc1. The lowest BCUT2D eigenvalue weighted by Gasteiger charge is -2.23. The van der Waals surface area contributed by atoms with Gasteiger partial charge in [-0.2, -0.15) is 5.26 Å². The van der Waals surface area contributed by atoms with E-state index in [4.69, 9.17) is 4.74 Å². The predicted molar refractivity (Wildman–Crippen MR) is 96.0 cm³/mol. The Kier molecular flexibility index (Phi) is 5.59. The summed E-state index contributed by atoms with van der Waals surface area (Å²) in [5, 5.41) is 9.22. The Morgan fingerprint density at radius 3 is 2.65 bits per heavy atom. The molecule has 0 unspecified atom stereocenters. The maximum atomic E-state index is 11.7. The summed E-state index contributed by atoms with van der Waals surface area (Å²) in [6.07, 6.45) is 5.59. The van der Waals surface area contributed by atoms with Crippen molar-refractivity contribution < 1.29 is 9.53 Å². The molecule has 0 bridgehead atoms. The summed E-state index contributed by atoms with van der Waals surface area (Å²) in [5.41, 5.74) is 0.795. The predicted octanol–water partition coefficient (Wildman–Crippen LogP) is 1.64. The van der Waals surface area contributed by atoms with E-state index >= 15 is 0 Å². The molecule has 26 heavy (non-hydrogen) atoms. The first-order valence-corrected chi connectivity index (χ1v) is 8.57. The Hall–Kier alpha value is -3.21. The molecular formula is C18H20N6O2. The summed E-state index contributed by atoms with van der Waals surface area (Å²) < 4.78 is 4.98. The van der Waals surface area contributed by atoms with Crippen molar-refractivity contribution in [1.29, 1.82) is 5.26 Å². The summed E-state index contributed by atoms with van der Waals surface area (Å²) in [5.74, 6) is 1.09. The van der Waals surface area contributed by atoms with E-state index in [0.29, 0.717) is 30.2 Å². The molecule has 2 aromatic rings. The van der Waals surface area contributed by atoms with Gasteiger partial charge in [-0.25, -0.2) is 19.7 Å². The number of esters is 1. The summed E-state index contributed by atoms with van der Waals surface area (Å²) in [6, 6.07) is 5.67. The molecule has 134 valence electrons. The van der Waals surface area contributed by atoms with E-state index in [9.17, 15) is 10.1 Å². The van der Waals surface area contributed by atoms with Crippen molar-refractivity contribution in [1.82, 2.24) is 15.0 Å². The number of anilines is 2. The topological polar surface area (TPSA) is 95.2 Å². The van der Waals surface area contributed by atoms with Crippen LogP contribution in [-0.4, -0.2) is 53.7 Å². The van der Waals surface area contributed by atoms with Crippen LogP contribution in [0.5, 0.6) is 0 Å². The average Bonchev–Trinajstić information content (AvgIpc) is 2.94. The number of nitrogens with zero attached hydrogens (tertiary/aromatic N) is 6. The van der Waals surface area contributed by atoms with Crippen LogP contribution in [0.2, 0.25) is 0 Å². The van der Waals surface area contributed by atoms with Gasteiger partial charge in [0, 0.05) is 44.8 Å².